The Labute approximate surface area is 156 Å². The number of carbonyl (C=O) groups is 1. The molecule has 3 aromatic rings. The van der Waals surface area contributed by atoms with Crippen LogP contribution in [-0.4, -0.2) is 44.6 Å². The predicted octanol–water partition coefficient (Wildman–Crippen LogP) is 1.29. The standard InChI is InChI=1S/C19H21N7O/c27-19(14-2-1-3-21-14)25-17-7-12-6-13(8-22-15(12)9-23-17)16-10-24-18-11-20-4-5-26(16)18/h6-10,14,20-21H,1-5,11H2,(H,23,25,27)/t14-/m1/s1. The van der Waals surface area contributed by atoms with E-state index in [1.54, 1.807) is 6.20 Å². The third-order valence-corrected chi connectivity index (χ3v) is 5.22. The first kappa shape index (κ1) is 16.3. The Hall–Kier alpha value is -2.84. The lowest BCUT2D eigenvalue weighted by Crippen LogP contribution is -2.35. The van der Waals surface area contributed by atoms with Crippen molar-refractivity contribution in [3.8, 4) is 11.3 Å². The Balaban J connectivity index is 1.46. The first-order valence-corrected chi connectivity index (χ1v) is 9.33. The zero-order valence-corrected chi connectivity index (χ0v) is 14.9. The van der Waals surface area contributed by atoms with E-state index in [0.717, 1.165) is 67.0 Å². The molecule has 5 rings (SSSR count). The maximum Gasteiger partial charge on any atom is 0.242 e. The number of pyridine rings is 2. The van der Waals surface area contributed by atoms with E-state index in [0.29, 0.717) is 5.82 Å². The zero-order valence-electron chi connectivity index (χ0n) is 14.9. The first-order chi connectivity index (χ1) is 13.3. The minimum Gasteiger partial charge on any atom is -0.326 e. The van der Waals surface area contributed by atoms with E-state index in [-0.39, 0.29) is 11.9 Å². The third-order valence-electron chi connectivity index (χ3n) is 5.22. The number of hydrogen-bond acceptors (Lipinski definition) is 6. The van der Waals surface area contributed by atoms with Gasteiger partial charge in [0.15, 0.2) is 0 Å². The average Bonchev–Trinajstić information content (AvgIpc) is 3.37. The third kappa shape index (κ3) is 3.07. The molecule has 0 spiro atoms. The van der Waals surface area contributed by atoms with Crippen LogP contribution < -0.4 is 16.0 Å². The molecule has 2 aliphatic rings. The minimum atomic E-state index is -0.126. The molecule has 1 fully saturated rings. The molecule has 8 nitrogen and oxygen atoms in total. The van der Waals surface area contributed by atoms with E-state index < -0.39 is 0 Å². The van der Waals surface area contributed by atoms with Gasteiger partial charge in [-0.1, -0.05) is 0 Å². The Kier molecular flexibility index (Phi) is 4.06. The molecule has 1 atom stereocenters. The van der Waals surface area contributed by atoms with Crippen LogP contribution in [0.25, 0.3) is 22.2 Å². The van der Waals surface area contributed by atoms with Gasteiger partial charge in [0.05, 0.1) is 36.2 Å². The number of hydrogen-bond donors (Lipinski definition) is 3. The minimum absolute atomic E-state index is 0.0270. The predicted molar refractivity (Wildman–Crippen MR) is 102 cm³/mol. The fourth-order valence-corrected chi connectivity index (χ4v) is 3.79. The van der Waals surface area contributed by atoms with Crippen LogP contribution in [-0.2, 0) is 17.9 Å². The van der Waals surface area contributed by atoms with E-state index in [2.05, 4.69) is 41.5 Å². The number of carbonyl (C=O) groups excluding carboxylic acids is 1. The lowest BCUT2D eigenvalue weighted by Gasteiger charge is -2.17. The van der Waals surface area contributed by atoms with Crippen molar-refractivity contribution in [2.24, 2.45) is 0 Å². The highest BCUT2D eigenvalue weighted by Crippen LogP contribution is 2.25. The number of imidazole rings is 1. The van der Waals surface area contributed by atoms with Crippen molar-refractivity contribution >= 4 is 22.6 Å². The average molecular weight is 363 g/mol. The molecule has 3 N–H and O–H groups in total. The number of aromatic nitrogens is 4. The van der Waals surface area contributed by atoms with Gasteiger partial charge < -0.3 is 20.5 Å². The van der Waals surface area contributed by atoms with Gasteiger partial charge in [0.25, 0.3) is 0 Å². The first-order valence-electron chi connectivity index (χ1n) is 9.33. The highest BCUT2D eigenvalue weighted by molar-refractivity contribution is 5.96. The van der Waals surface area contributed by atoms with Crippen LogP contribution in [0.15, 0.2) is 30.7 Å². The molecule has 1 saturated heterocycles. The van der Waals surface area contributed by atoms with Crippen molar-refractivity contribution in [2.45, 2.75) is 32.0 Å². The Bertz CT molecular complexity index is 1010. The fraction of sp³-hybridized carbons (Fsp3) is 0.368. The maximum absolute atomic E-state index is 12.3. The second-order valence-corrected chi connectivity index (χ2v) is 7.01. The highest BCUT2D eigenvalue weighted by Gasteiger charge is 2.22. The molecule has 3 aromatic heterocycles. The summed E-state index contributed by atoms with van der Waals surface area (Å²) in [7, 11) is 0. The lowest BCUT2D eigenvalue weighted by atomic mass is 10.1. The van der Waals surface area contributed by atoms with Gasteiger partial charge in [-0.05, 0) is 31.5 Å². The summed E-state index contributed by atoms with van der Waals surface area (Å²) >= 11 is 0. The summed E-state index contributed by atoms with van der Waals surface area (Å²) in [4.78, 5) is 25.7. The van der Waals surface area contributed by atoms with Gasteiger partial charge in [0.2, 0.25) is 5.91 Å². The number of rotatable bonds is 3. The second-order valence-electron chi connectivity index (χ2n) is 7.01. The van der Waals surface area contributed by atoms with Gasteiger partial charge in [-0.2, -0.15) is 0 Å². The van der Waals surface area contributed by atoms with Crippen LogP contribution in [0.5, 0.6) is 0 Å². The number of amides is 1. The molecule has 2 aliphatic heterocycles. The number of nitrogens with zero attached hydrogens (tertiary/aromatic N) is 4. The molecule has 8 heteroatoms. The van der Waals surface area contributed by atoms with Crippen molar-refractivity contribution in [1.82, 2.24) is 30.2 Å². The molecule has 0 saturated carbocycles. The summed E-state index contributed by atoms with van der Waals surface area (Å²) in [6.45, 7) is 3.51. The van der Waals surface area contributed by atoms with E-state index in [1.165, 1.54) is 0 Å². The molecule has 27 heavy (non-hydrogen) atoms. The van der Waals surface area contributed by atoms with Crippen molar-refractivity contribution in [2.75, 3.05) is 18.4 Å². The molecule has 1 amide bonds. The molecule has 138 valence electrons. The van der Waals surface area contributed by atoms with Gasteiger partial charge in [-0.3, -0.25) is 9.78 Å². The van der Waals surface area contributed by atoms with Crippen LogP contribution in [0.4, 0.5) is 5.82 Å². The summed E-state index contributed by atoms with van der Waals surface area (Å²) in [5.74, 6) is 1.57. The Morgan fingerprint density at radius 3 is 3.00 bits per heavy atom. The molecule has 5 heterocycles. The summed E-state index contributed by atoms with van der Waals surface area (Å²) in [6.07, 6.45) is 7.36. The van der Waals surface area contributed by atoms with Crippen molar-refractivity contribution < 1.29 is 4.79 Å². The summed E-state index contributed by atoms with van der Waals surface area (Å²) in [5.41, 5.74) is 2.89. The Morgan fingerprint density at radius 1 is 1.15 bits per heavy atom. The quantitative estimate of drug-likeness (QED) is 0.649. The van der Waals surface area contributed by atoms with E-state index in [4.69, 9.17) is 0 Å². The summed E-state index contributed by atoms with van der Waals surface area (Å²) in [6, 6.07) is 3.84. The number of nitrogens with one attached hydrogen (secondary N) is 3. The van der Waals surface area contributed by atoms with E-state index in [9.17, 15) is 4.79 Å². The van der Waals surface area contributed by atoms with Crippen molar-refractivity contribution in [3.05, 3.63) is 36.5 Å². The van der Waals surface area contributed by atoms with Crippen molar-refractivity contribution in [1.29, 1.82) is 0 Å². The topological polar surface area (TPSA) is 96.8 Å². The summed E-state index contributed by atoms with van der Waals surface area (Å²) < 4.78 is 2.23. The van der Waals surface area contributed by atoms with Crippen LogP contribution in [0.2, 0.25) is 0 Å². The van der Waals surface area contributed by atoms with Gasteiger partial charge in [0.1, 0.15) is 11.6 Å². The lowest BCUT2D eigenvalue weighted by molar-refractivity contribution is -0.117. The second kappa shape index (κ2) is 6.71. The number of anilines is 1. The molecule has 0 aromatic carbocycles. The Morgan fingerprint density at radius 2 is 2.11 bits per heavy atom. The largest absolute Gasteiger partial charge is 0.326 e. The molecule has 0 aliphatic carbocycles. The molecular weight excluding hydrogens is 342 g/mol. The molecule has 0 bridgehead atoms. The van der Waals surface area contributed by atoms with Crippen LogP contribution in [0, 0.1) is 0 Å². The van der Waals surface area contributed by atoms with Crippen molar-refractivity contribution in [3.63, 3.8) is 0 Å². The van der Waals surface area contributed by atoms with Gasteiger partial charge in [-0.25, -0.2) is 9.97 Å². The van der Waals surface area contributed by atoms with Crippen LogP contribution >= 0.6 is 0 Å². The number of fused-ring (bicyclic) bond motifs is 2. The van der Waals surface area contributed by atoms with Crippen LogP contribution in [0.1, 0.15) is 18.7 Å². The maximum atomic E-state index is 12.3. The highest BCUT2D eigenvalue weighted by atomic mass is 16.2. The molecule has 0 unspecified atom stereocenters. The fourth-order valence-electron chi connectivity index (χ4n) is 3.79. The van der Waals surface area contributed by atoms with E-state index >= 15 is 0 Å². The monoisotopic (exact) mass is 363 g/mol. The SMILES string of the molecule is O=C(Nc1cc2cc(-c3cnc4n3CCNC4)cnc2cn1)[C@H]1CCCN1. The van der Waals surface area contributed by atoms with Gasteiger partial charge in [0, 0.05) is 30.2 Å². The normalized spacial score (nSPS) is 19.2. The van der Waals surface area contributed by atoms with Gasteiger partial charge in [-0.15, -0.1) is 0 Å². The summed E-state index contributed by atoms with van der Waals surface area (Å²) in [5, 5.41) is 10.4. The van der Waals surface area contributed by atoms with E-state index in [1.807, 2.05) is 18.5 Å². The molecular formula is C19H21N7O. The smallest absolute Gasteiger partial charge is 0.242 e. The zero-order chi connectivity index (χ0) is 18.2. The molecule has 0 radical (unpaired) electrons. The van der Waals surface area contributed by atoms with Crippen LogP contribution in [0.3, 0.4) is 0 Å². The van der Waals surface area contributed by atoms with Gasteiger partial charge >= 0.3 is 0 Å².